The van der Waals surface area contributed by atoms with Crippen molar-refractivity contribution in [2.75, 3.05) is 46.8 Å². The van der Waals surface area contributed by atoms with Gasteiger partial charge in [0.05, 0.1) is 33.5 Å². The average Bonchev–Trinajstić information content (AvgIpc) is 2.39. The van der Waals surface area contributed by atoms with Crippen LogP contribution in [0, 0.1) is 0 Å². The van der Waals surface area contributed by atoms with Crippen LogP contribution in [0.25, 0.3) is 0 Å². The van der Waals surface area contributed by atoms with E-state index in [1.54, 1.807) is 0 Å². The van der Waals surface area contributed by atoms with Gasteiger partial charge in [0, 0.05) is 19.6 Å². The normalized spacial score (nSPS) is 10.6. The molecule has 0 aromatic carbocycles. The number of carbonyl (C=O) groups is 1. The fourth-order valence-corrected chi connectivity index (χ4v) is 1.21. The van der Waals surface area contributed by atoms with Crippen LogP contribution in [0.2, 0.25) is 0 Å². The van der Waals surface area contributed by atoms with Gasteiger partial charge in [-0.3, -0.25) is 4.79 Å². The summed E-state index contributed by atoms with van der Waals surface area (Å²) in [5.74, 6) is -0.195. The highest BCUT2D eigenvalue weighted by Crippen LogP contribution is 1.92. The minimum Gasteiger partial charge on any atom is -0.469 e. The molecule has 0 aromatic rings. The predicted octanol–water partition coefficient (Wildman–Crippen LogP) is 1.79. The standard InChI is InChI=1S/C13H26O5/c1-3-4-7-16-9-11-18-12-10-17-8-5-6-13(14)15-2/h3-12H2,1-2H3. The smallest absolute Gasteiger partial charge is 0.305 e. The Hall–Kier alpha value is -0.650. The first-order valence-corrected chi connectivity index (χ1v) is 6.61. The number of carbonyl (C=O) groups excluding carboxylic acids is 1. The highest BCUT2D eigenvalue weighted by atomic mass is 16.5. The molecule has 0 saturated heterocycles. The second-order valence-electron chi connectivity index (χ2n) is 3.87. The molecule has 0 bridgehead atoms. The van der Waals surface area contributed by atoms with Gasteiger partial charge in [-0.1, -0.05) is 13.3 Å². The van der Waals surface area contributed by atoms with Crippen LogP contribution in [0.15, 0.2) is 0 Å². The van der Waals surface area contributed by atoms with Gasteiger partial charge in [-0.25, -0.2) is 0 Å². The van der Waals surface area contributed by atoms with Crippen molar-refractivity contribution in [3.05, 3.63) is 0 Å². The minimum atomic E-state index is -0.195. The van der Waals surface area contributed by atoms with E-state index in [0.29, 0.717) is 45.9 Å². The maximum absolute atomic E-state index is 10.8. The molecule has 0 N–H and O–H groups in total. The number of esters is 1. The third-order valence-corrected chi connectivity index (χ3v) is 2.28. The van der Waals surface area contributed by atoms with Gasteiger partial charge in [0.15, 0.2) is 0 Å². The Morgan fingerprint density at radius 2 is 1.33 bits per heavy atom. The summed E-state index contributed by atoms with van der Waals surface area (Å²) >= 11 is 0. The Morgan fingerprint density at radius 3 is 1.83 bits per heavy atom. The van der Waals surface area contributed by atoms with Crippen LogP contribution in [-0.2, 0) is 23.7 Å². The summed E-state index contributed by atoms with van der Waals surface area (Å²) in [5, 5.41) is 0. The van der Waals surface area contributed by atoms with Crippen molar-refractivity contribution in [3.8, 4) is 0 Å². The van der Waals surface area contributed by atoms with E-state index in [4.69, 9.17) is 14.2 Å². The van der Waals surface area contributed by atoms with Crippen LogP contribution < -0.4 is 0 Å². The number of hydrogen-bond acceptors (Lipinski definition) is 5. The van der Waals surface area contributed by atoms with Gasteiger partial charge in [0.25, 0.3) is 0 Å². The quantitative estimate of drug-likeness (QED) is 0.374. The summed E-state index contributed by atoms with van der Waals surface area (Å²) < 4.78 is 20.5. The largest absolute Gasteiger partial charge is 0.469 e. The summed E-state index contributed by atoms with van der Waals surface area (Å²) in [5.41, 5.74) is 0. The number of unbranched alkanes of at least 4 members (excludes halogenated alkanes) is 1. The average molecular weight is 262 g/mol. The summed E-state index contributed by atoms with van der Waals surface area (Å²) in [6.07, 6.45) is 3.35. The van der Waals surface area contributed by atoms with Crippen LogP contribution >= 0.6 is 0 Å². The Morgan fingerprint density at radius 1 is 0.833 bits per heavy atom. The Kier molecular flexibility index (Phi) is 13.9. The second kappa shape index (κ2) is 14.4. The zero-order valence-corrected chi connectivity index (χ0v) is 11.6. The van der Waals surface area contributed by atoms with Crippen molar-refractivity contribution in [3.63, 3.8) is 0 Å². The van der Waals surface area contributed by atoms with Crippen molar-refractivity contribution in [2.24, 2.45) is 0 Å². The minimum absolute atomic E-state index is 0.195. The van der Waals surface area contributed by atoms with E-state index in [0.717, 1.165) is 19.4 Å². The molecule has 0 rings (SSSR count). The van der Waals surface area contributed by atoms with Crippen LogP contribution in [0.3, 0.4) is 0 Å². The molecule has 18 heavy (non-hydrogen) atoms. The second-order valence-corrected chi connectivity index (χ2v) is 3.87. The van der Waals surface area contributed by atoms with Crippen LogP contribution in [0.1, 0.15) is 32.6 Å². The van der Waals surface area contributed by atoms with Gasteiger partial charge < -0.3 is 18.9 Å². The molecule has 0 aliphatic heterocycles. The summed E-state index contributed by atoms with van der Waals surface area (Å²) in [6, 6.07) is 0. The van der Waals surface area contributed by atoms with Crippen LogP contribution in [0.5, 0.6) is 0 Å². The van der Waals surface area contributed by atoms with Crippen molar-refractivity contribution >= 4 is 5.97 Å². The molecule has 5 nitrogen and oxygen atoms in total. The van der Waals surface area contributed by atoms with Gasteiger partial charge >= 0.3 is 5.97 Å². The lowest BCUT2D eigenvalue weighted by Crippen LogP contribution is -2.10. The molecule has 0 radical (unpaired) electrons. The Bertz CT molecular complexity index is 184. The fourth-order valence-electron chi connectivity index (χ4n) is 1.21. The SMILES string of the molecule is CCCCOCCOCCOCCCC(=O)OC. The molecular weight excluding hydrogens is 236 g/mol. The molecule has 0 aliphatic carbocycles. The Balaban J connectivity index is 2.97. The number of ether oxygens (including phenoxy) is 4. The molecule has 0 unspecified atom stereocenters. The number of methoxy groups -OCH3 is 1. The van der Waals surface area contributed by atoms with Gasteiger partial charge in [0.1, 0.15) is 0 Å². The molecule has 0 aliphatic rings. The van der Waals surface area contributed by atoms with E-state index in [2.05, 4.69) is 11.7 Å². The lowest BCUT2D eigenvalue weighted by atomic mass is 10.3. The third-order valence-electron chi connectivity index (χ3n) is 2.28. The highest BCUT2D eigenvalue weighted by Gasteiger charge is 1.98. The zero-order chi connectivity index (χ0) is 13.5. The lowest BCUT2D eigenvalue weighted by Gasteiger charge is -2.06. The summed E-state index contributed by atoms with van der Waals surface area (Å²) in [4.78, 5) is 10.8. The molecular formula is C13H26O5. The van der Waals surface area contributed by atoms with Crippen molar-refractivity contribution in [1.29, 1.82) is 0 Å². The number of hydrogen-bond donors (Lipinski definition) is 0. The summed E-state index contributed by atoms with van der Waals surface area (Å²) in [7, 11) is 1.39. The third kappa shape index (κ3) is 13.4. The van der Waals surface area contributed by atoms with Gasteiger partial charge in [0.2, 0.25) is 0 Å². The lowest BCUT2D eigenvalue weighted by molar-refractivity contribution is -0.141. The molecule has 0 amide bonds. The maximum Gasteiger partial charge on any atom is 0.305 e. The van der Waals surface area contributed by atoms with Crippen LogP contribution in [-0.4, -0.2) is 52.7 Å². The molecule has 0 aromatic heterocycles. The highest BCUT2D eigenvalue weighted by molar-refractivity contribution is 5.68. The molecule has 0 fully saturated rings. The number of rotatable bonds is 13. The van der Waals surface area contributed by atoms with Gasteiger partial charge in [-0.2, -0.15) is 0 Å². The maximum atomic E-state index is 10.8. The van der Waals surface area contributed by atoms with E-state index in [-0.39, 0.29) is 5.97 Å². The zero-order valence-electron chi connectivity index (χ0n) is 11.6. The van der Waals surface area contributed by atoms with E-state index in [1.165, 1.54) is 7.11 Å². The monoisotopic (exact) mass is 262 g/mol. The molecule has 0 heterocycles. The van der Waals surface area contributed by atoms with E-state index in [1.807, 2.05) is 0 Å². The first-order chi connectivity index (χ1) is 8.81. The van der Waals surface area contributed by atoms with Crippen molar-refractivity contribution < 1.29 is 23.7 Å². The first kappa shape index (κ1) is 17.4. The van der Waals surface area contributed by atoms with Gasteiger partial charge in [-0.15, -0.1) is 0 Å². The van der Waals surface area contributed by atoms with Crippen molar-refractivity contribution in [2.45, 2.75) is 32.6 Å². The Labute approximate surface area is 110 Å². The molecule has 108 valence electrons. The van der Waals surface area contributed by atoms with E-state index >= 15 is 0 Å². The topological polar surface area (TPSA) is 54.0 Å². The van der Waals surface area contributed by atoms with E-state index < -0.39 is 0 Å². The molecule has 5 heteroatoms. The van der Waals surface area contributed by atoms with Gasteiger partial charge in [-0.05, 0) is 12.8 Å². The fraction of sp³-hybridized carbons (Fsp3) is 0.923. The first-order valence-electron chi connectivity index (χ1n) is 6.61. The molecule has 0 atom stereocenters. The summed E-state index contributed by atoms with van der Waals surface area (Å²) in [6.45, 7) is 5.87. The van der Waals surface area contributed by atoms with Crippen LogP contribution in [0.4, 0.5) is 0 Å². The predicted molar refractivity (Wildman–Crippen MR) is 68.6 cm³/mol. The van der Waals surface area contributed by atoms with E-state index in [9.17, 15) is 4.79 Å². The molecule has 0 spiro atoms. The molecule has 0 saturated carbocycles. The van der Waals surface area contributed by atoms with Crippen molar-refractivity contribution in [1.82, 2.24) is 0 Å².